The molecule has 0 aliphatic heterocycles. The molecule has 146 valence electrons. The number of para-hydroxylation sites is 1. The third-order valence-electron chi connectivity index (χ3n) is 5.04. The number of phenols is 1. The minimum absolute atomic E-state index is 0.0567. The summed E-state index contributed by atoms with van der Waals surface area (Å²) in [6, 6.07) is 21.0. The third-order valence-corrected chi connectivity index (χ3v) is 6.66. The van der Waals surface area contributed by atoms with E-state index in [1.807, 2.05) is 25.1 Å². The summed E-state index contributed by atoms with van der Waals surface area (Å²) in [6.07, 6.45) is 0. The van der Waals surface area contributed by atoms with Crippen molar-refractivity contribution in [1.29, 1.82) is 0 Å². The molecule has 3 heteroatoms. The maximum Gasteiger partial charge on any atom is 0.126 e. The van der Waals surface area contributed by atoms with Crippen molar-refractivity contribution in [2.45, 2.75) is 46.6 Å². The number of rotatable bonds is 5. The van der Waals surface area contributed by atoms with Gasteiger partial charge < -0.3 is 10.4 Å². The molecule has 3 aromatic carbocycles. The van der Waals surface area contributed by atoms with Gasteiger partial charge in [-0.05, 0) is 65.0 Å². The van der Waals surface area contributed by atoms with E-state index in [4.69, 9.17) is 0 Å². The molecule has 0 heterocycles. The fourth-order valence-corrected chi connectivity index (χ4v) is 4.68. The van der Waals surface area contributed by atoms with Crippen LogP contribution in [0.25, 0.3) is 0 Å². The molecule has 2 N–H and O–H groups in total. The zero-order valence-corrected chi connectivity index (χ0v) is 18.4. The Bertz CT molecular complexity index is 958. The molecule has 3 rings (SSSR count). The SMILES string of the molecule is Cc1cc(C(C)(C)C)cc(Pc2c(C)cccc2CNc2ccccc2)c1O. The topological polar surface area (TPSA) is 32.3 Å². The lowest BCUT2D eigenvalue weighted by molar-refractivity contribution is 0.474. The van der Waals surface area contributed by atoms with E-state index in [2.05, 4.69) is 75.5 Å². The van der Waals surface area contributed by atoms with Crippen molar-refractivity contribution < 1.29 is 5.11 Å². The number of aryl methyl sites for hydroxylation is 2. The van der Waals surface area contributed by atoms with Crippen LogP contribution in [-0.2, 0) is 12.0 Å². The lowest BCUT2D eigenvalue weighted by atomic mass is 9.86. The van der Waals surface area contributed by atoms with E-state index in [1.54, 1.807) is 0 Å². The van der Waals surface area contributed by atoms with Crippen molar-refractivity contribution in [3.63, 3.8) is 0 Å². The second kappa shape index (κ2) is 8.37. The zero-order chi connectivity index (χ0) is 20.3. The van der Waals surface area contributed by atoms with E-state index < -0.39 is 0 Å². The summed E-state index contributed by atoms with van der Waals surface area (Å²) in [4.78, 5) is 0. The van der Waals surface area contributed by atoms with Crippen molar-refractivity contribution >= 4 is 24.9 Å². The maximum absolute atomic E-state index is 10.7. The van der Waals surface area contributed by atoms with Crippen LogP contribution in [0.15, 0.2) is 60.7 Å². The standard InChI is InChI=1S/C25H30NOP/c1-17-10-9-11-19(16-26-21-12-7-6-8-13-21)24(17)28-22-15-20(25(3,4)5)14-18(2)23(22)27/h6-15,26-28H,16H2,1-5H3. The lowest BCUT2D eigenvalue weighted by Gasteiger charge is -2.22. The van der Waals surface area contributed by atoms with Gasteiger partial charge in [0, 0.05) is 17.5 Å². The van der Waals surface area contributed by atoms with E-state index in [1.165, 1.54) is 22.0 Å². The summed E-state index contributed by atoms with van der Waals surface area (Å²) in [7, 11) is 0.423. The van der Waals surface area contributed by atoms with Crippen LogP contribution < -0.4 is 15.9 Å². The van der Waals surface area contributed by atoms with Gasteiger partial charge in [-0.2, -0.15) is 0 Å². The Morgan fingerprint density at radius 2 is 1.61 bits per heavy atom. The van der Waals surface area contributed by atoms with E-state index in [-0.39, 0.29) is 5.41 Å². The number of nitrogens with one attached hydrogen (secondary N) is 1. The van der Waals surface area contributed by atoms with Gasteiger partial charge in [-0.25, -0.2) is 0 Å². The molecule has 0 aliphatic rings. The molecule has 1 unspecified atom stereocenters. The molecule has 0 fully saturated rings. The number of phenolic OH excluding ortho intramolecular Hbond substituents is 1. The molecule has 0 radical (unpaired) electrons. The Hall–Kier alpha value is -2.31. The average Bonchev–Trinajstić information content (AvgIpc) is 2.65. The number of aromatic hydroxyl groups is 1. The van der Waals surface area contributed by atoms with Crippen molar-refractivity contribution in [1.82, 2.24) is 0 Å². The van der Waals surface area contributed by atoms with Crippen molar-refractivity contribution in [3.05, 3.63) is 82.9 Å². The fourth-order valence-electron chi connectivity index (χ4n) is 3.25. The first-order chi connectivity index (χ1) is 13.3. The molecule has 0 aromatic heterocycles. The number of hydrogen-bond acceptors (Lipinski definition) is 2. The molecule has 1 atom stereocenters. The van der Waals surface area contributed by atoms with Crippen molar-refractivity contribution in [2.75, 3.05) is 5.32 Å². The van der Waals surface area contributed by atoms with Gasteiger partial charge in [-0.1, -0.05) is 71.8 Å². The molecule has 0 saturated carbocycles. The molecule has 3 aromatic rings. The lowest BCUT2D eigenvalue weighted by Crippen LogP contribution is -2.18. The van der Waals surface area contributed by atoms with Crippen LogP contribution in [-0.4, -0.2) is 5.11 Å². The van der Waals surface area contributed by atoms with Gasteiger partial charge in [0.05, 0.1) is 0 Å². The molecule has 0 amide bonds. The van der Waals surface area contributed by atoms with Crippen LogP contribution in [0.5, 0.6) is 5.75 Å². The summed E-state index contributed by atoms with van der Waals surface area (Å²) < 4.78 is 0. The summed E-state index contributed by atoms with van der Waals surface area (Å²) in [5.41, 5.74) is 5.94. The van der Waals surface area contributed by atoms with Gasteiger partial charge >= 0.3 is 0 Å². The molecule has 0 bridgehead atoms. The van der Waals surface area contributed by atoms with Gasteiger partial charge in [0.2, 0.25) is 0 Å². The largest absolute Gasteiger partial charge is 0.507 e. The predicted octanol–water partition coefficient (Wildman–Crippen LogP) is 5.55. The Labute approximate surface area is 170 Å². The summed E-state index contributed by atoms with van der Waals surface area (Å²) in [5, 5.41) is 16.6. The van der Waals surface area contributed by atoms with Crippen LogP contribution in [0.3, 0.4) is 0 Å². The van der Waals surface area contributed by atoms with Crippen LogP contribution >= 0.6 is 8.58 Å². The molecule has 28 heavy (non-hydrogen) atoms. The smallest absolute Gasteiger partial charge is 0.126 e. The zero-order valence-electron chi connectivity index (χ0n) is 17.4. The number of anilines is 1. The highest BCUT2D eigenvalue weighted by molar-refractivity contribution is 7.56. The first kappa shape index (κ1) is 20.4. The minimum atomic E-state index is 0.0567. The first-order valence-corrected chi connectivity index (χ1v) is 10.7. The monoisotopic (exact) mass is 391 g/mol. The summed E-state index contributed by atoms with van der Waals surface area (Å²) >= 11 is 0. The molecular formula is C25H30NOP. The predicted molar refractivity (Wildman–Crippen MR) is 124 cm³/mol. The molecular weight excluding hydrogens is 361 g/mol. The van der Waals surface area contributed by atoms with Crippen LogP contribution in [0.4, 0.5) is 5.69 Å². The number of hydrogen-bond donors (Lipinski definition) is 2. The van der Waals surface area contributed by atoms with Crippen LogP contribution in [0.1, 0.15) is 43.0 Å². The van der Waals surface area contributed by atoms with Crippen LogP contribution in [0, 0.1) is 13.8 Å². The quantitative estimate of drug-likeness (QED) is 0.559. The molecule has 0 saturated heterocycles. The Balaban J connectivity index is 1.93. The Kier molecular flexibility index (Phi) is 6.10. The van der Waals surface area contributed by atoms with Gasteiger partial charge in [0.15, 0.2) is 0 Å². The van der Waals surface area contributed by atoms with E-state index >= 15 is 0 Å². The van der Waals surface area contributed by atoms with Gasteiger partial charge in [0.25, 0.3) is 0 Å². The van der Waals surface area contributed by atoms with E-state index in [9.17, 15) is 5.11 Å². The second-order valence-electron chi connectivity index (χ2n) is 8.39. The summed E-state index contributed by atoms with van der Waals surface area (Å²) in [6.45, 7) is 11.6. The van der Waals surface area contributed by atoms with Gasteiger partial charge in [0.1, 0.15) is 5.75 Å². The molecule has 0 aliphatic carbocycles. The second-order valence-corrected chi connectivity index (χ2v) is 9.68. The fraction of sp³-hybridized carbons (Fsp3) is 0.280. The van der Waals surface area contributed by atoms with E-state index in [0.717, 1.165) is 23.1 Å². The minimum Gasteiger partial charge on any atom is -0.507 e. The molecule has 2 nitrogen and oxygen atoms in total. The van der Waals surface area contributed by atoms with Gasteiger partial charge in [-0.3, -0.25) is 0 Å². The average molecular weight is 391 g/mol. The molecule has 0 spiro atoms. The van der Waals surface area contributed by atoms with E-state index in [0.29, 0.717) is 14.3 Å². The van der Waals surface area contributed by atoms with Crippen molar-refractivity contribution in [3.8, 4) is 5.75 Å². The highest BCUT2D eigenvalue weighted by atomic mass is 31.1. The highest BCUT2D eigenvalue weighted by Crippen LogP contribution is 2.30. The first-order valence-electron chi connectivity index (χ1n) is 9.74. The normalized spacial score (nSPS) is 11.9. The van der Waals surface area contributed by atoms with Crippen LogP contribution in [0.2, 0.25) is 0 Å². The summed E-state index contributed by atoms with van der Waals surface area (Å²) in [5.74, 6) is 0.427. The number of benzene rings is 3. The van der Waals surface area contributed by atoms with Crippen molar-refractivity contribution in [2.24, 2.45) is 0 Å². The maximum atomic E-state index is 10.7. The Morgan fingerprint density at radius 3 is 2.29 bits per heavy atom. The third kappa shape index (κ3) is 4.75. The highest BCUT2D eigenvalue weighted by Gasteiger charge is 2.18. The van der Waals surface area contributed by atoms with Gasteiger partial charge in [-0.15, -0.1) is 0 Å². The Morgan fingerprint density at radius 1 is 0.893 bits per heavy atom.